The van der Waals surface area contributed by atoms with E-state index in [4.69, 9.17) is 28.3 Å². The fourth-order valence-electron chi connectivity index (χ4n) is 1.57. The molecule has 6 heteroatoms. The first-order valence-corrected chi connectivity index (χ1v) is 5.04. The Kier molecular flexibility index (Phi) is 2.66. The Morgan fingerprint density at radius 2 is 2.06 bits per heavy atom. The van der Waals surface area contributed by atoms with Crippen molar-refractivity contribution in [3.05, 3.63) is 40.9 Å². The van der Waals surface area contributed by atoms with Crippen LogP contribution in [-0.2, 0) is 0 Å². The zero-order valence-corrected chi connectivity index (χ0v) is 9.37. The van der Waals surface area contributed by atoms with Crippen molar-refractivity contribution >= 4 is 23.0 Å². The molecule has 0 unspecified atom stereocenters. The van der Waals surface area contributed by atoms with Crippen LogP contribution in [0.1, 0.15) is 5.69 Å². The van der Waals surface area contributed by atoms with Crippen LogP contribution in [0.4, 0.5) is 15.8 Å². The van der Waals surface area contributed by atoms with E-state index in [9.17, 15) is 4.39 Å². The second kappa shape index (κ2) is 4.00. The lowest BCUT2D eigenvalue weighted by Gasteiger charge is -2.12. The van der Waals surface area contributed by atoms with Gasteiger partial charge in [-0.15, -0.1) is 0 Å². The van der Waals surface area contributed by atoms with Gasteiger partial charge in [0.2, 0.25) is 0 Å². The van der Waals surface area contributed by atoms with Crippen molar-refractivity contribution in [3.63, 3.8) is 0 Å². The summed E-state index contributed by atoms with van der Waals surface area (Å²) in [6, 6.07) is 6.45. The summed E-state index contributed by atoms with van der Waals surface area (Å²) in [5.74, 6) is -0.739. The summed E-state index contributed by atoms with van der Waals surface area (Å²) < 4.78 is 15.3. The maximum Gasteiger partial charge on any atom is 0.169 e. The minimum atomic E-state index is -0.739. The number of nitrogens with two attached hydrogens (primary N) is 2. The molecule has 4 N–H and O–H groups in total. The molecule has 86 valence electrons. The molecule has 4 nitrogen and oxygen atoms in total. The van der Waals surface area contributed by atoms with E-state index in [0.29, 0.717) is 0 Å². The largest absolute Gasteiger partial charge is 0.397 e. The molecule has 1 heterocycles. The maximum atomic E-state index is 14.0. The van der Waals surface area contributed by atoms with Crippen LogP contribution in [0.2, 0.25) is 5.02 Å². The van der Waals surface area contributed by atoms with E-state index >= 15 is 0 Å². The Morgan fingerprint density at radius 3 is 2.71 bits per heavy atom. The molecule has 0 bridgehead atoms. The van der Waals surface area contributed by atoms with Crippen LogP contribution < -0.4 is 11.5 Å². The van der Waals surface area contributed by atoms with Crippen molar-refractivity contribution in [2.45, 2.75) is 0 Å². The third kappa shape index (κ3) is 1.69. The van der Waals surface area contributed by atoms with E-state index in [-0.39, 0.29) is 27.8 Å². The summed E-state index contributed by atoms with van der Waals surface area (Å²) in [5.41, 5.74) is 11.7. The Morgan fingerprint density at radius 1 is 1.35 bits per heavy atom. The highest BCUT2D eigenvalue weighted by Crippen LogP contribution is 2.33. The van der Waals surface area contributed by atoms with E-state index in [1.54, 1.807) is 12.1 Å². The van der Waals surface area contributed by atoms with Crippen molar-refractivity contribution in [1.29, 1.82) is 5.26 Å². The van der Waals surface area contributed by atoms with Crippen molar-refractivity contribution in [2.75, 3.05) is 11.5 Å². The lowest BCUT2D eigenvalue weighted by atomic mass is 10.2. The summed E-state index contributed by atoms with van der Waals surface area (Å²) in [6.07, 6.45) is 1.53. The smallest absolute Gasteiger partial charge is 0.169 e. The summed E-state index contributed by atoms with van der Waals surface area (Å²) in [7, 11) is 0. The van der Waals surface area contributed by atoms with Crippen molar-refractivity contribution < 1.29 is 4.39 Å². The second-order valence-corrected chi connectivity index (χ2v) is 3.78. The van der Waals surface area contributed by atoms with E-state index < -0.39 is 5.82 Å². The monoisotopic (exact) mass is 250 g/mol. The van der Waals surface area contributed by atoms with Gasteiger partial charge in [-0.3, -0.25) is 0 Å². The lowest BCUT2D eigenvalue weighted by Crippen LogP contribution is -2.06. The molecule has 0 fully saturated rings. The molecule has 0 amide bonds. The van der Waals surface area contributed by atoms with Gasteiger partial charge in [0, 0.05) is 6.20 Å². The molecule has 0 saturated heterocycles. The van der Waals surface area contributed by atoms with Gasteiger partial charge in [0.05, 0.1) is 11.4 Å². The van der Waals surface area contributed by atoms with Gasteiger partial charge in [-0.25, -0.2) is 4.39 Å². The number of nitrogens with zero attached hydrogens (tertiary/aromatic N) is 2. The van der Waals surface area contributed by atoms with Crippen LogP contribution in [0, 0.1) is 17.1 Å². The van der Waals surface area contributed by atoms with Gasteiger partial charge in [-0.2, -0.15) is 5.26 Å². The molecule has 1 aromatic heterocycles. The zero-order chi connectivity index (χ0) is 12.6. The average Bonchev–Trinajstić information content (AvgIpc) is 2.74. The molecular formula is C11H8ClFN4. The van der Waals surface area contributed by atoms with Crippen molar-refractivity contribution in [3.8, 4) is 11.8 Å². The number of benzene rings is 1. The van der Waals surface area contributed by atoms with Gasteiger partial charge in [0.15, 0.2) is 5.82 Å². The van der Waals surface area contributed by atoms with Gasteiger partial charge in [0.1, 0.15) is 22.5 Å². The van der Waals surface area contributed by atoms with Gasteiger partial charge >= 0.3 is 0 Å². The standard InChI is InChI=1S/C11H8ClFN4/c12-9-7(15)4-8(16)11(10(9)13)17-3-1-2-6(17)5-14/h1-4H,15-16H2. The molecule has 17 heavy (non-hydrogen) atoms. The van der Waals surface area contributed by atoms with Crippen LogP contribution in [0.5, 0.6) is 0 Å². The van der Waals surface area contributed by atoms with Gasteiger partial charge in [-0.1, -0.05) is 11.6 Å². The first-order valence-electron chi connectivity index (χ1n) is 4.67. The predicted octanol–water partition coefficient (Wildman–Crippen LogP) is 2.31. The van der Waals surface area contributed by atoms with Crippen molar-refractivity contribution in [1.82, 2.24) is 4.57 Å². The quantitative estimate of drug-likeness (QED) is 0.762. The number of nitrogen functional groups attached to an aromatic ring is 2. The minimum absolute atomic E-state index is 0.0331. The molecule has 0 saturated carbocycles. The molecule has 1 aromatic carbocycles. The summed E-state index contributed by atoms with van der Waals surface area (Å²) in [4.78, 5) is 0. The Bertz CT molecular complexity index is 627. The molecule has 0 aliphatic carbocycles. The number of aromatic nitrogens is 1. The van der Waals surface area contributed by atoms with Gasteiger partial charge in [-0.05, 0) is 18.2 Å². The maximum absolute atomic E-state index is 14.0. The zero-order valence-electron chi connectivity index (χ0n) is 8.61. The highest BCUT2D eigenvalue weighted by molar-refractivity contribution is 6.33. The summed E-state index contributed by atoms with van der Waals surface area (Å²) in [5, 5.41) is 8.68. The molecule has 0 radical (unpaired) electrons. The van der Waals surface area contributed by atoms with E-state index in [0.717, 1.165) is 0 Å². The highest BCUT2D eigenvalue weighted by Gasteiger charge is 2.17. The fourth-order valence-corrected chi connectivity index (χ4v) is 1.71. The third-order valence-corrected chi connectivity index (χ3v) is 2.73. The molecule has 0 aliphatic rings. The lowest BCUT2D eigenvalue weighted by molar-refractivity contribution is 0.620. The van der Waals surface area contributed by atoms with E-state index in [2.05, 4.69) is 0 Å². The highest BCUT2D eigenvalue weighted by atomic mass is 35.5. The van der Waals surface area contributed by atoms with Crippen LogP contribution >= 0.6 is 11.6 Å². The molecular weight excluding hydrogens is 243 g/mol. The van der Waals surface area contributed by atoms with Crippen LogP contribution in [-0.4, -0.2) is 4.57 Å². The summed E-state index contributed by atoms with van der Waals surface area (Å²) >= 11 is 5.72. The third-order valence-electron chi connectivity index (χ3n) is 2.34. The predicted molar refractivity (Wildman–Crippen MR) is 64.3 cm³/mol. The Hall–Kier alpha value is -2.19. The van der Waals surface area contributed by atoms with Crippen LogP contribution in [0.15, 0.2) is 24.4 Å². The topological polar surface area (TPSA) is 80.8 Å². The Balaban J connectivity index is 2.77. The number of hydrogen-bond donors (Lipinski definition) is 2. The van der Waals surface area contributed by atoms with Gasteiger partial charge in [0.25, 0.3) is 0 Å². The SMILES string of the molecule is N#Cc1cccn1-c1c(N)cc(N)c(Cl)c1F. The minimum Gasteiger partial charge on any atom is -0.397 e. The second-order valence-electron chi connectivity index (χ2n) is 3.41. The first kappa shape index (κ1) is 11.3. The number of rotatable bonds is 1. The first-order chi connectivity index (χ1) is 8.06. The molecule has 2 rings (SSSR count). The van der Waals surface area contributed by atoms with E-state index in [1.165, 1.54) is 16.8 Å². The summed E-state index contributed by atoms with van der Waals surface area (Å²) in [6.45, 7) is 0. The molecule has 0 atom stereocenters. The number of anilines is 2. The number of hydrogen-bond acceptors (Lipinski definition) is 3. The molecule has 0 spiro atoms. The fraction of sp³-hybridized carbons (Fsp3) is 0. The average molecular weight is 251 g/mol. The van der Waals surface area contributed by atoms with Gasteiger partial charge < -0.3 is 16.0 Å². The van der Waals surface area contributed by atoms with Crippen molar-refractivity contribution in [2.24, 2.45) is 0 Å². The number of nitriles is 1. The van der Waals surface area contributed by atoms with Crippen LogP contribution in [0.25, 0.3) is 5.69 Å². The molecule has 2 aromatic rings. The Labute approximate surface area is 102 Å². The normalized spacial score (nSPS) is 10.2. The van der Waals surface area contributed by atoms with E-state index in [1.807, 2.05) is 6.07 Å². The number of halogens is 2. The van der Waals surface area contributed by atoms with Crippen LogP contribution in [0.3, 0.4) is 0 Å². The molecule has 0 aliphatic heterocycles.